The van der Waals surface area contributed by atoms with Gasteiger partial charge in [0.05, 0.1) is 0 Å². The van der Waals surface area contributed by atoms with Gasteiger partial charge in [0.25, 0.3) is 5.91 Å². The van der Waals surface area contributed by atoms with Gasteiger partial charge in [-0.15, -0.1) is 0 Å². The fraction of sp³-hybridized carbons (Fsp3) is 0.562. The van der Waals surface area contributed by atoms with E-state index in [0.29, 0.717) is 5.56 Å². The number of hydrogen-bond acceptors (Lipinski definition) is 3. The summed E-state index contributed by atoms with van der Waals surface area (Å²) in [6.45, 7) is 1.53. The van der Waals surface area contributed by atoms with Crippen LogP contribution in [0.25, 0.3) is 0 Å². The molecule has 2 N–H and O–H groups in total. The number of aliphatic hydroxyl groups excluding tert-OH is 1. The molecule has 114 valence electrons. The predicted molar refractivity (Wildman–Crippen MR) is 74.8 cm³/mol. The lowest BCUT2D eigenvalue weighted by Gasteiger charge is -2.32. The Morgan fingerprint density at radius 2 is 2.05 bits per heavy atom. The van der Waals surface area contributed by atoms with Gasteiger partial charge in [0.1, 0.15) is 5.82 Å². The number of aliphatic hydroxyl groups is 2. The third-order valence-electron chi connectivity index (χ3n) is 4.96. The summed E-state index contributed by atoms with van der Waals surface area (Å²) in [6, 6.07) is 5.48. The maximum Gasteiger partial charge on any atom is 0.259 e. The van der Waals surface area contributed by atoms with Crippen molar-refractivity contribution in [3.8, 4) is 0 Å². The molecule has 2 saturated heterocycles. The van der Waals surface area contributed by atoms with E-state index in [0.717, 1.165) is 19.3 Å². The summed E-state index contributed by atoms with van der Waals surface area (Å²) in [5.74, 6) is -0.641. The lowest BCUT2D eigenvalue weighted by atomic mass is 9.90. The van der Waals surface area contributed by atoms with Gasteiger partial charge in [-0.3, -0.25) is 4.79 Å². The molecule has 4 unspecified atom stereocenters. The van der Waals surface area contributed by atoms with E-state index in [9.17, 15) is 19.4 Å². The highest BCUT2D eigenvalue weighted by Gasteiger charge is 2.52. The van der Waals surface area contributed by atoms with E-state index in [-0.39, 0.29) is 30.5 Å². The van der Waals surface area contributed by atoms with Crippen molar-refractivity contribution in [2.24, 2.45) is 5.92 Å². The normalized spacial score (nSPS) is 30.5. The molecule has 2 fully saturated rings. The molecule has 0 radical (unpaired) electrons. The first kappa shape index (κ1) is 14.5. The topological polar surface area (TPSA) is 60.8 Å². The fourth-order valence-electron chi connectivity index (χ4n) is 3.77. The molecule has 0 saturated carbocycles. The van der Waals surface area contributed by atoms with Crippen LogP contribution in [0.15, 0.2) is 24.3 Å². The molecule has 21 heavy (non-hydrogen) atoms. The summed E-state index contributed by atoms with van der Waals surface area (Å²) in [5, 5.41) is 20.0. The predicted octanol–water partition coefficient (Wildman–Crippen LogP) is 1.40. The number of halogens is 1. The SMILES string of the molecule is CC(O)(C(=O)N1C2CCC1C(CO)C2)c1ccc(F)cc1. The first-order valence-electron chi connectivity index (χ1n) is 7.37. The summed E-state index contributed by atoms with van der Waals surface area (Å²) in [5.41, 5.74) is -1.28. The molecule has 4 atom stereocenters. The Labute approximate surface area is 123 Å². The number of amides is 1. The first-order chi connectivity index (χ1) is 9.95. The van der Waals surface area contributed by atoms with Crippen LogP contribution in [0.3, 0.4) is 0 Å². The summed E-state index contributed by atoms with van der Waals surface area (Å²) in [6.07, 6.45) is 2.60. The van der Waals surface area contributed by atoms with Gasteiger partial charge in [-0.2, -0.15) is 0 Å². The Morgan fingerprint density at radius 1 is 1.38 bits per heavy atom. The molecular formula is C16H20FNO3. The number of carbonyl (C=O) groups is 1. The number of benzene rings is 1. The molecule has 3 rings (SSSR count). The molecule has 1 aromatic carbocycles. The van der Waals surface area contributed by atoms with Crippen molar-refractivity contribution < 1.29 is 19.4 Å². The molecule has 2 bridgehead atoms. The van der Waals surface area contributed by atoms with E-state index >= 15 is 0 Å². The van der Waals surface area contributed by atoms with Crippen molar-refractivity contribution in [2.45, 2.75) is 43.9 Å². The highest BCUT2D eigenvalue weighted by molar-refractivity contribution is 5.87. The second kappa shape index (κ2) is 5.07. The summed E-state index contributed by atoms with van der Waals surface area (Å²) >= 11 is 0. The third-order valence-corrected chi connectivity index (χ3v) is 4.96. The average Bonchev–Trinajstić information content (AvgIpc) is 3.04. The Kier molecular flexibility index (Phi) is 3.50. The van der Waals surface area contributed by atoms with Crippen LogP contribution in [0.2, 0.25) is 0 Å². The number of rotatable bonds is 3. The zero-order valence-electron chi connectivity index (χ0n) is 12.0. The Bertz CT molecular complexity index is 543. The molecule has 0 spiro atoms. The summed E-state index contributed by atoms with van der Waals surface area (Å²) in [4.78, 5) is 14.5. The second-order valence-electron chi connectivity index (χ2n) is 6.27. The molecule has 1 aromatic rings. The minimum Gasteiger partial charge on any atom is -0.396 e. The molecule has 2 aliphatic rings. The fourth-order valence-corrected chi connectivity index (χ4v) is 3.77. The lowest BCUT2D eigenvalue weighted by Crippen LogP contribution is -2.48. The minimum atomic E-state index is -1.67. The van der Waals surface area contributed by atoms with E-state index in [4.69, 9.17) is 0 Å². The molecule has 0 aromatic heterocycles. The monoisotopic (exact) mass is 293 g/mol. The highest BCUT2D eigenvalue weighted by Crippen LogP contribution is 2.43. The number of fused-ring (bicyclic) bond motifs is 2. The Balaban J connectivity index is 1.86. The van der Waals surface area contributed by atoms with Crippen molar-refractivity contribution in [1.82, 2.24) is 4.90 Å². The quantitative estimate of drug-likeness (QED) is 0.885. The van der Waals surface area contributed by atoms with E-state index in [1.165, 1.54) is 31.2 Å². The second-order valence-corrected chi connectivity index (χ2v) is 6.27. The van der Waals surface area contributed by atoms with Crippen molar-refractivity contribution in [3.05, 3.63) is 35.6 Å². The van der Waals surface area contributed by atoms with Crippen LogP contribution in [0.4, 0.5) is 4.39 Å². The molecule has 2 heterocycles. The third kappa shape index (κ3) is 2.24. The molecule has 1 amide bonds. The van der Waals surface area contributed by atoms with E-state index in [1.807, 2.05) is 0 Å². The van der Waals surface area contributed by atoms with Gasteiger partial charge in [-0.05, 0) is 43.9 Å². The van der Waals surface area contributed by atoms with Gasteiger partial charge < -0.3 is 15.1 Å². The van der Waals surface area contributed by atoms with Crippen molar-refractivity contribution in [2.75, 3.05) is 6.61 Å². The molecular weight excluding hydrogens is 273 g/mol. The number of nitrogens with zero attached hydrogens (tertiary/aromatic N) is 1. The van der Waals surface area contributed by atoms with Crippen LogP contribution in [0, 0.1) is 11.7 Å². The van der Waals surface area contributed by atoms with Crippen LogP contribution >= 0.6 is 0 Å². The average molecular weight is 293 g/mol. The maximum absolute atomic E-state index is 13.0. The van der Waals surface area contributed by atoms with E-state index in [2.05, 4.69) is 0 Å². The van der Waals surface area contributed by atoms with Crippen LogP contribution in [0.1, 0.15) is 31.7 Å². The molecule has 4 nitrogen and oxygen atoms in total. The van der Waals surface area contributed by atoms with Gasteiger partial charge >= 0.3 is 0 Å². The minimum absolute atomic E-state index is 0.0134. The zero-order valence-corrected chi connectivity index (χ0v) is 12.0. The first-order valence-corrected chi connectivity index (χ1v) is 7.37. The van der Waals surface area contributed by atoms with Crippen molar-refractivity contribution >= 4 is 5.91 Å². The van der Waals surface area contributed by atoms with Crippen molar-refractivity contribution in [3.63, 3.8) is 0 Å². The summed E-state index contributed by atoms with van der Waals surface area (Å²) < 4.78 is 13.0. The maximum atomic E-state index is 13.0. The molecule has 2 aliphatic heterocycles. The standard InChI is InChI=1S/C16H20FNO3/c1-16(21,11-2-4-12(17)5-3-11)15(20)18-13-6-7-14(18)10(8-13)9-19/h2-5,10,13-14,19,21H,6-9H2,1H3. The molecule has 5 heteroatoms. The lowest BCUT2D eigenvalue weighted by molar-refractivity contribution is -0.152. The van der Waals surface area contributed by atoms with Crippen LogP contribution in [-0.4, -0.2) is 39.7 Å². The highest BCUT2D eigenvalue weighted by atomic mass is 19.1. The Hall–Kier alpha value is -1.46. The van der Waals surface area contributed by atoms with Gasteiger partial charge in [0.2, 0.25) is 0 Å². The zero-order chi connectivity index (χ0) is 15.2. The van der Waals surface area contributed by atoms with Gasteiger partial charge in [-0.1, -0.05) is 12.1 Å². The smallest absolute Gasteiger partial charge is 0.259 e. The van der Waals surface area contributed by atoms with Gasteiger partial charge in [0.15, 0.2) is 5.60 Å². The van der Waals surface area contributed by atoms with Gasteiger partial charge in [-0.25, -0.2) is 4.39 Å². The molecule has 0 aliphatic carbocycles. The van der Waals surface area contributed by atoms with Crippen molar-refractivity contribution in [1.29, 1.82) is 0 Å². The van der Waals surface area contributed by atoms with Crippen LogP contribution in [0.5, 0.6) is 0 Å². The van der Waals surface area contributed by atoms with E-state index < -0.39 is 11.4 Å². The van der Waals surface area contributed by atoms with Gasteiger partial charge in [0, 0.05) is 24.6 Å². The number of carbonyl (C=O) groups excluding carboxylic acids is 1. The van der Waals surface area contributed by atoms with Crippen LogP contribution in [-0.2, 0) is 10.4 Å². The van der Waals surface area contributed by atoms with E-state index in [1.54, 1.807) is 4.90 Å². The van der Waals surface area contributed by atoms with Crippen LogP contribution < -0.4 is 0 Å². The summed E-state index contributed by atoms with van der Waals surface area (Å²) in [7, 11) is 0. The Morgan fingerprint density at radius 3 is 2.62 bits per heavy atom. The largest absolute Gasteiger partial charge is 0.396 e. The number of hydrogen-bond donors (Lipinski definition) is 2.